The molecule has 142 valence electrons. The number of hydrogen-bond acceptors (Lipinski definition) is 4. The van der Waals surface area contributed by atoms with Crippen LogP contribution in [0.3, 0.4) is 0 Å². The molecule has 27 heavy (non-hydrogen) atoms. The lowest BCUT2D eigenvalue weighted by atomic mass is 9.99. The second-order valence-electron chi connectivity index (χ2n) is 7.15. The monoisotopic (exact) mass is 386 g/mol. The van der Waals surface area contributed by atoms with Gasteiger partial charge in [0.1, 0.15) is 13.2 Å². The summed E-state index contributed by atoms with van der Waals surface area (Å²) in [6.45, 7) is 5.34. The predicted octanol–water partition coefficient (Wildman–Crippen LogP) is 4.60. The lowest BCUT2D eigenvalue weighted by Crippen LogP contribution is -2.32. The van der Waals surface area contributed by atoms with Crippen molar-refractivity contribution in [1.29, 1.82) is 0 Å². The zero-order valence-corrected chi connectivity index (χ0v) is 16.1. The molecular formula is C21H23ClN2O3. The van der Waals surface area contributed by atoms with Crippen LogP contribution >= 0.6 is 11.6 Å². The Kier molecular flexibility index (Phi) is 5.12. The molecule has 1 fully saturated rings. The summed E-state index contributed by atoms with van der Waals surface area (Å²) in [5.74, 6) is 1.83. The minimum atomic E-state index is -0.206. The van der Waals surface area contributed by atoms with Crippen LogP contribution in [0.25, 0.3) is 0 Å². The molecule has 0 bridgehead atoms. The number of anilines is 2. The molecule has 0 spiro atoms. The Hall–Kier alpha value is -2.40. The summed E-state index contributed by atoms with van der Waals surface area (Å²) in [6.07, 6.45) is 2.36. The Morgan fingerprint density at radius 1 is 1.07 bits per heavy atom. The predicted molar refractivity (Wildman–Crippen MR) is 107 cm³/mol. The highest BCUT2D eigenvalue weighted by atomic mass is 35.5. The Labute approximate surface area is 164 Å². The second-order valence-corrected chi connectivity index (χ2v) is 7.56. The number of rotatable bonds is 3. The van der Waals surface area contributed by atoms with E-state index in [9.17, 15) is 4.79 Å². The minimum Gasteiger partial charge on any atom is -0.486 e. The van der Waals surface area contributed by atoms with Crippen LogP contribution < -0.4 is 19.7 Å². The largest absolute Gasteiger partial charge is 0.486 e. The molecule has 2 aromatic rings. The van der Waals surface area contributed by atoms with Crippen molar-refractivity contribution >= 4 is 28.9 Å². The molecule has 2 aromatic carbocycles. The molecule has 4 rings (SSSR count). The first-order valence-electron chi connectivity index (χ1n) is 9.35. The number of nitrogens with one attached hydrogen (secondary N) is 1. The van der Waals surface area contributed by atoms with E-state index in [-0.39, 0.29) is 5.91 Å². The highest BCUT2D eigenvalue weighted by Crippen LogP contribution is 2.33. The smallest absolute Gasteiger partial charge is 0.255 e. The summed E-state index contributed by atoms with van der Waals surface area (Å²) in [7, 11) is 0. The third-order valence-corrected chi connectivity index (χ3v) is 5.44. The molecule has 0 atom stereocenters. The van der Waals surface area contributed by atoms with Gasteiger partial charge in [0.15, 0.2) is 11.5 Å². The van der Waals surface area contributed by atoms with Crippen molar-refractivity contribution in [2.24, 2.45) is 5.92 Å². The molecule has 0 radical (unpaired) electrons. The zero-order chi connectivity index (χ0) is 18.8. The van der Waals surface area contributed by atoms with E-state index in [0.717, 1.165) is 24.7 Å². The topological polar surface area (TPSA) is 50.8 Å². The summed E-state index contributed by atoms with van der Waals surface area (Å²) < 4.78 is 11.0. The number of nitrogens with zero attached hydrogens (tertiary/aromatic N) is 1. The van der Waals surface area contributed by atoms with Gasteiger partial charge in [0.25, 0.3) is 5.91 Å². The number of halogens is 1. The van der Waals surface area contributed by atoms with Gasteiger partial charge < -0.3 is 19.7 Å². The Bertz CT molecular complexity index is 847. The van der Waals surface area contributed by atoms with Crippen LogP contribution in [-0.4, -0.2) is 32.2 Å². The maximum atomic E-state index is 12.6. The van der Waals surface area contributed by atoms with Gasteiger partial charge in [-0.25, -0.2) is 0 Å². The van der Waals surface area contributed by atoms with E-state index < -0.39 is 0 Å². The van der Waals surface area contributed by atoms with Crippen LogP contribution in [0.2, 0.25) is 5.02 Å². The van der Waals surface area contributed by atoms with Crippen molar-refractivity contribution in [2.75, 3.05) is 36.5 Å². The summed E-state index contributed by atoms with van der Waals surface area (Å²) in [4.78, 5) is 14.9. The van der Waals surface area contributed by atoms with Crippen molar-refractivity contribution in [1.82, 2.24) is 0 Å². The van der Waals surface area contributed by atoms with Gasteiger partial charge in [-0.15, -0.1) is 0 Å². The molecule has 0 saturated carbocycles. The highest BCUT2D eigenvalue weighted by molar-refractivity contribution is 6.33. The van der Waals surface area contributed by atoms with Crippen LogP contribution in [0, 0.1) is 5.92 Å². The number of fused-ring (bicyclic) bond motifs is 1. The zero-order valence-electron chi connectivity index (χ0n) is 15.3. The molecule has 0 unspecified atom stereocenters. The third kappa shape index (κ3) is 3.98. The molecule has 0 aliphatic carbocycles. The van der Waals surface area contributed by atoms with E-state index in [1.54, 1.807) is 18.2 Å². The molecule has 5 nitrogen and oxygen atoms in total. The number of hydrogen-bond donors (Lipinski definition) is 1. The maximum Gasteiger partial charge on any atom is 0.255 e. The average Bonchev–Trinajstić information content (AvgIpc) is 2.68. The number of carbonyl (C=O) groups excluding carboxylic acids is 1. The SMILES string of the molecule is CC1CCN(c2ccc(NC(=O)c3ccc4c(c3)OCCO4)cc2Cl)CC1. The Morgan fingerprint density at radius 3 is 2.56 bits per heavy atom. The van der Waals surface area contributed by atoms with Crippen LogP contribution in [0.4, 0.5) is 11.4 Å². The Morgan fingerprint density at radius 2 is 1.81 bits per heavy atom. The van der Waals surface area contributed by atoms with Crippen molar-refractivity contribution in [3.63, 3.8) is 0 Å². The van der Waals surface area contributed by atoms with Gasteiger partial charge in [0, 0.05) is 24.3 Å². The Balaban J connectivity index is 1.46. The molecule has 1 saturated heterocycles. The number of carbonyl (C=O) groups is 1. The first kappa shape index (κ1) is 18.0. The number of ether oxygens (including phenoxy) is 2. The second kappa shape index (κ2) is 7.69. The number of benzene rings is 2. The summed E-state index contributed by atoms with van der Waals surface area (Å²) >= 11 is 6.49. The fourth-order valence-corrected chi connectivity index (χ4v) is 3.78. The molecular weight excluding hydrogens is 364 g/mol. The van der Waals surface area contributed by atoms with Gasteiger partial charge in [0.05, 0.1) is 10.7 Å². The van der Waals surface area contributed by atoms with E-state index >= 15 is 0 Å². The molecule has 1 amide bonds. The quantitative estimate of drug-likeness (QED) is 0.837. The number of piperidine rings is 1. The van der Waals surface area contributed by atoms with Crippen LogP contribution in [0.5, 0.6) is 11.5 Å². The normalized spacial score (nSPS) is 16.9. The lowest BCUT2D eigenvalue weighted by Gasteiger charge is -2.32. The summed E-state index contributed by atoms with van der Waals surface area (Å²) in [6, 6.07) is 10.9. The summed E-state index contributed by atoms with van der Waals surface area (Å²) in [5.41, 5.74) is 2.22. The molecule has 6 heteroatoms. The van der Waals surface area contributed by atoms with Gasteiger partial charge in [-0.3, -0.25) is 4.79 Å². The average molecular weight is 387 g/mol. The van der Waals surface area contributed by atoms with E-state index in [2.05, 4.69) is 17.1 Å². The van der Waals surface area contributed by atoms with Crippen LogP contribution in [0.1, 0.15) is 30.1 Å². The van der Waals surface area contributed by atoms with E-state index in [4.69, 9.17) is 21.1 Å². The van der Waals surface area contributed by atoms with Gasteiger partial charge >= 0.3 is 0 Å². The molecule has 2 aliphatic heterocycles. The van der Waals surface area contributed by atoms with Crippen molar-refractivity contribution in [2.45, 2.75) is 19.8 Å². The van der Waals surface area contributed by atoms with Gasteiger partial charge in [0.2, 0.25) is 0 Å². The maximum absolute atomic E-state index is 12.6. The molecule has 0 aromatic heterocycles. The first-order chi connectivity index (χ1) is 13.1. The van der Waals surface area contributed by atoms with Crippen LogP contribution in [0.15, 0.2) is 36.4 Å². The number of amides is 1. The van der Waals surface area contributed by atoms with E-state index in [1.807, 2.05) is 18.2 Å². The fourth-order valence-electron chi connectivity index (χ4n) is 3.48. The van der Waals surface area contributed by atoms with Crippen molar-refractivity contribution in [3.8, 4) is 11.5 Å². The third-order valence-electron chi connectivity index (χ3n) is 5.13. The van der Waals surface area contributed by atoms with E-state index in [0.29, 0.717) is 41.0 Å². The molecule has 2 aliphatic rings. The van der Waals surface area contributed by atoms with Crippen molar-refractivity contribution < 1.29 is 14.3 Å². The van der Waals surface area contributed by atoms with Crippen LogP contribution in [-0.2, 0) is 0 Å². The van der Waals surface area contributed by atoms with Gasteiger partial charge in [-0.1, -0.05) is 18.5 Å². The molecule has 1 N–H and O–H groups in total. The minimum absolute atomic E-state index is 0.206. The van der Waals surface area contributed by atoms with E-state index in [1.165, 1.54) is 12.8 Å². The highest BCUT2D eigenvalue weighted by Gasteiger charge is 2.19. The van der Waals surface area contributed by atoms with Crippen molar-refractivity contribution in [3.05, 3.63) is 47.0 Å². The van der Waals surface area contributed by atoms with Gasteiger partial charge in [-0.05, 0) is 55.2 Å². The first-order valence-corrected chi connectivity index (χ1v) is 9.73. The summed E-state index contributed by atoms with van der Waals surface area (Å²) in [5, 5.41) is 3.56. The standard InChI is InChI=1S/C21H23ClN2O3/c1-14-6-8-24(9-7-14)18-4-3-16(13-17(18)22)23-21(25)15-2-5-19-20(12-15)27-11-10-26-19/h2-5,12-14H,6-11H2,1H3,(H,23,25). The lowest BCUT2D eigenvalue weighted by molar-refractivity contribution is 0.102. The van der Waals surface area contributed by atoms with Gasteiger partial charge in [-0.2, -0.15) is 0 Å². The molecule has 2 heterocycles. The fraction of sp³-hybridized carbons (Fsp3) is 0.381.